The molecule has 0 N–H and O–H groups in total. The molecule has 0 aliphatic heterocycles. The van der Waals surface area contributed by atoms with E-state index in [0.29, 0.717) is 17.4 Å². The van der Waals surface area contributed by atoms with Crippen LogP contribution in [0.4, 0.5) is 0 Å². The third-order valence-corrected chi connectivity index (χ3v) is 4.74. The molecule has 2 unspecified atom stereocenters. The van der Waals surface area contributed by atoms with Crippen molar-refractivity contribution in [2.45, 2.75) is 46.6 Å². The predicted molar refractivity (Wildman–Crippen MR) is 110 cm³/mol. The molecule has 0 spiro atoms. The van der Waals surface area contributed by atoms with Crippen LogP contribution < -0.4 is 9.47 Å². The average molecular weight is 389 g/mol. The Kier molecular flexibility index (Phi) is 7.97. The van der Waals surface area contributed by atoms with Gasteiger partial charge in [-0.25, -0.2) is 0 Å². The standard InChI is InChI=1S/C23H32O5/c1-15(2)7-8-18-9-10-20(13-21(18)25-5)28-23-19(14-27-17(4)24)11-16(3)12-22(23)26-6/h9-13,15,19,23H,7-8,14H2,1-6H3. The van der Waals surface area contributed by atoms with Crippen LogP contribution in [0.25, 0.3) is 0 Å². The van der Waals surface area contributed by atoms with Crippen LogP contribution in [0.3, 0.4) is 0 Å². The van der Waals surface area contributed by atoms with E-state index in [4.69, 9.17) is 18.9 Å². The Bertz CT molecular complexity index is 733. The van der Waals surface area contributed by atoms with Gasteiger partial charge in [-0.05, 0) is 43.4 Å². The lowest BCUT2D eigenvalue weighted by molar-refractivity contribution is -0.142. The summed E-state index contributed by atoms with van der Waals surface area (Å²) in [4.78, 5) is 11.3. The van der Waals surface area contributed by atoms with Gasteiger partial charge in [0.25, 0.3) is 0 Å². The highest BCUT2D eigenvalue weighted by Gasteiger charge is 2.31. The lowest BCUT2D eigenvalue weighted by Crippen LogP contribution is -2.34. The van der Waals surface area contributed by atoms with Gasteiger partial charge >= 0.3 is 5.97 Å². The number of carbonyl (C=O) groups excluding carboxylic acids is 1. The molecule has 0 saturated carbocycles. The topological polar surface area (TPSA) is 54.0 Å². The number of esters is 1. The van der Waals surface area contributed by atoms with Crippen molar-refractivity contribution in [2.75, 3.05) is 20.8 Å². The fourth-order valence-electron chi connectivity index (χ4n) is 3.26. The first-order valence-electron chi connectivity index (χ1n) is 9.75. The van der Waals surface area contributed by atoms with Crippen LogP contribution in [-0.4, -0.2) is 32.9 Å². The summed E-state index contributed by atoms with van der Waals surface area (Å²) >= 11 is 0. The first-order valence-corrected chi connectivity index (χ1v) is 9.75. The molecule has 1 aromatic carbocycles. The molecule has 2 rings (SSSR count). The van der Waals surface area contributed by atoms with Crippen LogP contribution >= 0.6 is 0 Å². The quantitative estimate of drug-likeness (QED) is 0.574. The first kappa shape index (κ1) is 21.9. The molecule has 5 heteroatoms. The van der Waals surface area contributed by atoms with Crippen LogP contribution in [0.5, 0.6) is 11.5 Å². The minimum absolute atomic E-state index is 0.129. The minimum atomic E-state index is -0.376. The van der Waals surface area contributed by atoms with Crippen molar-refractivity contribution in [1.82, 2.24) is 0 Å². The van der Waals surface area contributed by atoms with Gasteiger partial charge in [0, 0.05) is 13.0 Å². The van der Waals surface area contributed by atoms with Crippen LogP contribution in [0, 0.1) is 11.8 Å². The van der Waals surface area contributed by atoms with Crippen molar-refractivity contribution in [2.24, 2.45) is 11.8 Å². The summed E-state index contributed by atoms with van der Waals surface area (Å²) in [5.41, 5.74) is 2.22. The van der Waals surface area contributed by atoms with E-state index < -0.39 is 0 Å². The smallest absolute Gasteiger partial charge is 0.302 e. The zero-order chi connectivity index (χ0) is 20.7. The lowest BCUT2D eigenvalue weighted by Gasteiger charge is -2.30. The SMILES string of the molecule is COC1=CC(C)=CC(COC(C)=O)C1Oc1ccc(CCC(C)C)c(OC)c1. The van der Waals surface area contributed by atoms with Gasteiger partial charge < -0.3 is 18.9 Å². The van der Waals surface area contributed by atoms with Crippen LogP contribution in [0.15, 0.2) is 41.7 Å². The minimum Gasteiger partial charge on any atom is -0.497 e. The molecule has 5 nitrogen and oxygen atoms in total. The first-order chi connectivity index (χ1) is 13.3. The van der Waals surface area contributed by atoms with Gasteiger partial charge in [0.1, 0.15) is 23.9 Å². The fourth-order valence-corrected chi connectivity index (χ4v) is 3.26. The molecule has 1 aliphatic rings. The average Bonchev–Trinajstić information content (AvgIpc) is 2.66. The molecule has 0 saturated heterocycles. The summed E-state index contributed by atoms with van der Waals surface area (Å²) in [6.07, 6.45) is 5.68. The van der Waals surface area contributed by atoms with E-state index in [1.54, 1.807) is 14.2 Å². The third-order valence-electron chi connectivity index (χ3n) is 4.74. The molecule has 2 atom stereocenters. The Morgan fingerprint density at radius 1 is 1.18 bits per heavy atom. The van der Waals surface area contributed by atoms with Crippen molar-refractivity contribution < 1.29 is 23.7 Å². The molecular formula is C23H32O5. The Morgan fingerprint density at radius 3 is 2.54 bits per heavy atom. The van der Waals surface area contributed by atoms with Gasteiger partial charge in [-0.1, -0.05) is 31.6 Å². The maximum atomic E-state index is 11.3. The summed E-state index contributed by atoms with van der Waals surface area (Å²) in [5, 5.41) is 0. The van der Waals surface area contributed by atoms with Gasteiger partial charge in [-0.3, -0.25) is 4.79 Å². The molecule has 0 radical (unpaired) electrons. The third kappa shape index (κ3) is 6.04. The van der Waals surface area contributed by atoms with Gasteiger partial charge in [0.05, 0.1) is 20.1 Å². The molecule has 0 aromatic heterocycles. The number of benzene rings is 1. The van der Waals surface area contributed by atoms with Gasteiger partial charge in [-0.15, -0.1) is 0 Å². The van der Waals surface area contributed by atoms with E-state index in [9.17, 15) is 4.79 Å². The molecule has 1 aliphatic carbocycles. The fraction of sp³-hybridized carbons (Fsp3) is 0.522. The van der Waals surface area contributed by atoms with E-state index in [-0.39, 0.29) is 24.6 Å². The summed E-state index contributed by atoms with van der Waals surface area (Å²) < 4.78 is 22.6. The zero-order valence-corrected chi connectivity index (χ0v) is 17.8. The number of aryl methyl sites for hydroxylation is 1. The number of hydrogen-bond acceptors (Lipinski definition) is 5. The molecular weight excluding hydrogens is 356 g/mol. The summed E-state index contributed by atoms with van der Waals surface area (Å²) in [6, 6.07) is 5.92. The molecule has 28 heavy (non-hydrogen) atoms. The van der Waals surface area contributed by atoms with Crippen LogP contribution in [-0.2, 0) is 20.7 Å². The van der Waals surface area contributed by atoms with E-state index in [0.717, 1.165) is 24.2 Å². The molecule has 1 aromatic rings. The van der Waals surface area contributed by atoms with E-state index >= 15 is 0 Å². The number of ether oxygens (including phenoxy) is 4. The Labute approximate surface area is 168 Å². The largest absolute Gasteiger partial charge is 0.497 e. The van der Waals surface area contributed by atoms with Crippen molar-refractivity contribution >= 4 is 5.97 Å². The van der Waals surface area contributed by atoms with Gasteiger partial charge in [-0.2, -0.15) is 0 Å². The van der Waals surface area contributed by atoms with E-state index in [2.05, 4.69) is 19.9 Å². The van der Waals surface area contributed by atoms with Crippen molar-refractivity contribution in [3.05, 3.63) is 47.2 Å². The monoisotopic (exact) mass is 388 g/mol. The van der Waals surface area contributed by atoms with Crippen molar-refractivity contribution in [3.63, 3.8) is 0 Å². The Balaban J connectivity index is 2.22. The molecule has 154 valence electrons. The maximum Gasteiger partial charge on any atom is 0.302 e. The molecule has 0 fully saturated rings. The Morgan fingerprint density at radius 2 is 1.93 bits per heavy atom. The number of allylic oxidation sites excluding steroid dienone is 2. The summed E-state index contributed by atoms with van der Waals surface area (Å²) in [6.45, 7) is 8.06. The zero-order valence-electron chi connectivity index (χ0n) is 17.8. The lowest BCUT2D eigenvalue weighted by atomic mass is 9.92. The van der Waals surface area contributed by atoms with E-state index in [1.165, 1.54) is 12.5 Å². The van der Waals surface area contributed by atoms with E-state index in [1.807, 2.05) is 31.2 Å². The number of hydrogen-bond donors (Lipinski definition) is 0. The summed E-state index contributed by atoms with van der Waals surface area (Å²) in [5.74, 6) is 2.42. The van der Waals surface area contributed by atoms with Crippen LogP contribution in [0.2, 0.25) is 0 Å². The van der Waals surface area contributed by atoms with Crippen molar-refractivity contribution in [1.29, 1.82) is 0 Å². The number of carbonyl (C=O) groups is 1. The molecule has 0 heterocycles. The van der Waals surface area contributed by atoms with Crippen LogP contribution in [0.1, 0.15) is 39.7 Å². The second kappa shape index (κ2) is 10.2. The molecule has 0 bridgehead atoms. The highest BCUT2D eigenvalue weighted by atomic mass is 16.5. The second-order valence-electron chi connectivity index (χ2n) is 7.57. The Hall–Kier alpha value is -2.43. The van der Waals surface area contributed by atoms with Crippen molar-refractivity contribution in [3.8, 4) is 11.5 Å². The number of rotatable bonds is 9. The number of methoxy groups -OCH3 is 2. The van der Waals surface area contributed by atoms with Gasteiger partial charge in [0.15, 0.2) is 6.10 Å². The highest BCUT2D eigenvalue weighted by molar-refractivity contribution is 5.65. The summed E-state index contributed by atoms with van der Waals surface area (Å²) in [7, 11) is 3.30. The maximum absolute atomic E-state index is 11.3. The second-order valence-corrected chi connectivity index (χ2v) is 7.57. The van der Waals surface area contributed by atoms with Gasteiger partial charge in [0.2, 0.25) is 0 Å². The highest BCUT2D eigenvalue weighted by Crippen LogP contribution is 2.32. The molecule has 0 amide bonds. The normalized spacial score (nSPS) is 19.0. The predicted octanol–water partition coefficient (Wildman–Crippen LogP) is 4.70.